The highest BCUT2D eigenvalue weighted by molar-refractivity contribution is 6.86. The number of nitrogens with zero attached hydrogens (tertiary/aromatic N) is 2. The van der Waals surface area contributed by atoms with Crippen molar-refractivity contribution in [2.75, 3.05) is 9.62 Å². The first-order chi connectivity index (χ1) is 20.6. The Labute approximate surface area is 247 Å². The van der Waals surface area contributed by atoms with E-state index in [2.05, 4.69) is 163 Å². The van der Waals surface area contributed by atoms with Gasteiger partial charge in [0, 0.05) is 44.9 Å². The van der Waals surface area contributed by atoms with Gasteiger partial charge in [0.25, 0.3) is 0 Å². The molecule has 42 heavy (non-hydrogen) atoms. The molecule has 0 N–H and O–H groups in total. The summed E-state index contributed by atoms with van der Waals surface area (Å²) in [5.41, 5.74) is 16.9. The maximum Gasteiger partial charge on any atom is 0.421 e. The summed E-state index contributed by atoms with van der Waals surface area (Å²) in [4.78, 5) is 5.18. The van der Waals surface area contributed by atoms with E-state index in [9.17, 15) is 0 Å². The molecule has 2 heterocycles. The Bertz CT molecular complexity index is 2030. The van der Waals surface area contributed by atoms with Gasteiger partial charge >= 0.3 is 6.98 Å². The van der Waals surface area contributed by atoms with E-state index in [1.807, 2.05) is 0 Å². The van der Waals surface area contributed by atoms with Crippen molar-refractivity contribution in [3.8, 4) is 33.4 Å². The molecule has 0 bridgehead atoms. The Morgan fingerprint density at radius 2 is 0.929 bits per heavy atom. The van der Waals surface area contributed by atoms with Crippen LogP contribution in [0.5, 0.6) is 0 Å². The lowest BCUT2D eigenvalue weighted by molar-refractivity contribution is 0.660. The molecule has 0 atom stereocenters. The highest BCUT2D eigenvalue weighted by Crippen LogP contribution is 2.55. The summed E-state index contributed by atoms with van der Waals surface area (Å²) in [6.07, 6.45) is 0. The maximum atomic E-state index is 2.63. The maximum absolute atomic E-state index is 2.63. The van der Waals surface area contributed by atoms with Gasteiger partial charge in [0.2, 0.25) is 0 Å². The monoisotopic (exact) mass is 536 g/mol. The largest absolute Gasteiger partial charge is 0.421 e. The van der Waals surface area contributed by atoms with E-state index in [1.54, 1.807) is 0 Å². The summed E-state index contributed by atoms with van der Waals surface area (Å²) in [5.74, 6) is 0. The summed E-state index contributed by atoms with van der Waals surface area (Å²) in [6, 6.07) is 51.5. The molecule has 0 unspecified atom stereocenters. The van der Waals surface area contributed by atoms with E-state index in [0.717, 1.165) is 0 Å². The zero-order valence-electron chi connectivity index (χ0n) is 23.8. The van der Waals surface area contributed by atoms with Crippen molar-refractivity contribution in [1.29, 1.82) is 0 Å². The molecule has 198 valence electrons. The molecule has 0 fully saturated rings. The topological polar surface area (TPSA) is 6.48 Å². The molecule has 6 aromatic carbocycles. The molecule has 2 aliphatic heterocycles. The number of fused-ring (bicyclic) bond motifs is 7. The number of hydrogen-bond acceptors (Lipinski definition) is 2. The molecular formula is C39H29BN2. The molecule has 3 heteroatoms. The average Bonchev–Trinajstić information content (AvgIpc) is 3.28. The van der Waals surface area contributed by atoms with Gasteiger partial charge in [-0.1, -0.05) is 123 Å². The molecule has 0 aromatic heterocycles. The van der Waals surface area contributed by atoms with E-state index >= 15 is 0 Å². The van der Waals surface area contributed by atoms with Crippen molar-refractivity contribution < 1.29 is 0 Å². The van der Waals surface area contributed by atoms with Gasteiger partial charge in [-0.15, -0.1) is 0 Å². The first-order valence-corrected chi connectivity index (χ1v) is 14.8. The van der Waals surface area contributed by atoms with Gasteiger partial charge < -0.3 is 9.62 Å². The molecule has 0 radical (unpaired) electrons. The number of para-hydroxylation sites is 3. The Kier molecular flexibility index (Phi) is 4.79. The SMILES string of the molecule is CC1(C)c2ccccc2-c2c(N3B4c5c(cccc5-c5ccccc53)-c3ccccc3N4c3ccccc3)cccc21. The average molecular weight is 536 g/mol. The molecule has 9 rings (SSSR count). The van der Waals surface area contributed by atoms with Crippen LogP contribution in [0.15, 0.2) is 140 Å². The van der Waals surface area contributed by atoms with Crippen molar-refractivity contribution in [1.82, 2.24) is 0 Å². The summed E-state index contributed by atoms with van der Waals surface area (Å²) < 4.78 is 0. The normalized spacial score (nSPS) is 15.0. The lowest BCUT2D eigenvalue weighted by Gasteiger charge is -2.48. The lowest BCUT2D eigenvalue weighted by atomic mass is 9.53. The Balaban J connectivity index is 1.42. The summed E-state index contributed by atoms with van der Waals surface area (Å²) in [7, 11) is 0. The van der Waals surface area contributed by atoms with Crippen molar-refractivity contribution in [2.45, 2.75) is 19.3 Å². The summed E-state index contributed by atoms with van der Waals surface area (Å²) >= 11 is 0. The molecule has 3 aliphatic rings. The lowest BCUT2D eigenvalue weighted by Crippen LogP contribution is -2.62. The summed E-state index contributed by atoms with van der Waals surface area (Å²) in [6.45, 7) is 4.67. The molecule has 6 aromatic rings. The van der Waals surface area contributed by atoms with E-state index in [4.69, 9.17) is 0 Å². The third-order valence-electron chi connectivity index (χ3n) is 9.64. The van der Waals surface area contributed by atoms with E-state index in [-0.39, 0.29) is 12.4 Å². The Hall–Kier alpha value is -5.02. The third-order valence-corrected chi connectivity index (χ3v) is 9.64. The zero-order valence-corrected chi connectivity index (χ0v) is 23.8. The van der Waals surface area contributed by atoms with Crippen molar-refractivity contribution in [2.24, 2.45) is 0 Å². The van der Waals surface area contributed by atoms with Crippen LogP contribution in [0.25, 0.3) is 33.4 Å². The van der Waals surface area contributed by atoms with Crippen LogP contribution in [0.4, 0.5) is 22.7 Å². The van der Waals surface area contributed by atoms with Crippen LogP contribution in [-0.2, 0) is 5.41 Å². The number of rotatable bonds is 2. The van der Waals surface area contributed by atoms with Gasteiger partial charge in [-0.3, -0.25) is 0 Å². The van der Waals surface area contributed by atoms with Crippen LogP contribution in [0.2, 0.25) is 0 Å². The van der Waals surface area contributed by atoms with Crippen LogP contribution in [-0.4, -0.2) is 6.98 Å². The molecule has 0 saturated carbocycles. The number of hydrogen-bond donors (Lipinski definition) is 0. The fourth-order valence-electron chi connectivity index (χ4n) is 7.84. The van der Waals surface area contributed by atoms with Gasteiger partial charge in [0.15, 0.2) is 0 Å². The molecule has 1 aliphatic carbocycles. The van der Waals surface area contributed by atoms with E-state index in [0.29, 0.717) is 0 Å². The van der Waals surface area contributed by atoms with Gasteiger partial charge in [-0.25, -0.2) is 0 Å². The zero-order chi connectivity index (χ0) is 28.0. The smallest absolute Gasteiger partial charge is 0.361 e. The molecule has 0 amide bonds. The standard InChI is InChI=1S/C39H29BN2/c1-39(2)32-21-9-6-18-31(32)37-33(39)22-13-25-36(37)42-35-24-11-8-17-28(35)30-20-12-19-29-27-16-7-10-23-34(27)41(40(42)38(29)30)26-14-4-3-5-15-26/h3-25H,1-2H3. The van der Waals surface area contributed by atoms with Crippen molar-refractivity contribution in [3.05, 3.63) is 151 Å². The minimum Gasteiger partial charge on any atom is -0.361 e. The van der Waals surface area contributed by atoms with Crippen LogP contribution in [0, 0.1) is 0 Å². The molecule has 2 nitrogen and oxygen atoms in total. The second kappa shape index (κ2) is 8.50. The van der Waals surface area contributed by atoms with E-state index in [1.165, 1.54) is 72.7 Å². The summed E-state index contributed by atoms with van der Waals surface area (Å²) in [5, 5.41) is 0. The third kappa shape index (κ3) is 3.00. The second-order valence-corrected chi connectivity index (χ2v) is 12.1. The second-order valence-electron chi connectivity index (χ2n) is 12.1. The quantitative estimate of drug-likeness (QED) is 0.204. The van der Waals surface area contributed by atoms with Gasteiger partial charge in [0.05, 0.1) is 0 Å². The number of anilines is 4. The van der Waals surface area contributed by atoms with Crippen LogP contribution in [0.1, 0.15) is 25.0 Å². The van der Waals surface area contributed by atoms with Crippen LogP contribution in [0.3, 0.4) is 0 Å². The fraction of sp³-hybridized carbons (Fsp3) is 0.0769. The van der Waals surface area contributed by atoms with Gasteiger partial charge in [0.1, 0.15) is 0 Å². The minimum absolute atomic E-state index is 0.0641. The van der Waals surface area contributed by atoms with E-state index < -0.39 is 0 Å². The Morgan fingerprint density at radius 3 is 1.64 bits per heavy atom. The van der Waals surface area contributed by atoms with Crippen molar-refractivity contribution in [3.63, 3.8) is 0 Å². The van der Waals surface area contributed by atoms with Gasteiger partial charge in [-0.05, 0) is 63.6 Å². The first kappa shape index (κ1) is 23.7. The fourth-order valence-corrected chi connectivity index (χ4v) is 7.84. The highest BCUT2D eigenvalue weighted by atomic mass is 15.2. The van der Waals surface area contributed by atoms with Crippen LogP contribution < -0.4 is 15.1 Å². The predicted molar refractivity (Wildman–Crippen MR) is 177 cm³/mol. The van der Waals surface area contributed by atoms with Gasteiger partial charge in [-0.2, -0.15) is 0 Å². The Morgan fingerprint density at radius 1 is 0.429 bits per heavy atom. The molecular weight excluding hydrogens is 507 g/mol. The minimum atomic E-state index is -0.0708. The molecule has 0 spiro atoms. The number of benzene rings is 6. The van der Waals surface area contributed by atoms with Crippen LogP contribution >= 0.6 is 0 Å². The molecule has 0 saturated heterocycles. The van der Waals surface area contributed by atoms with Crippen molar-refractivity contribution >= 4 is 35.2 Å². The first-order valence-electron chi connectivity index (χ1n) is 14.8. The predicted octanol–water partition coefficient (Wildman–Crippen LogP) is 9.33. The highest BCUT2D eigenvalue weighted by Gasteiger charge is 2.48.